The summed E-state index contributed by atoms with van der Waals surface area (Å²) in [4.78, 5) is 12.1. The summed E-state index contributed by atoms with van der Waals surface area (Å²) in [6.45, 7) is 0.478. The van der Waals surface area contributed by atoms with Crippen LogP contribution in [0.25, 0.3) is 0 Å². The molecule has 0 saturated carbocycles. The fourth-order valence-corrected chi connectivity index (χ4v) is 2.63. The van der Waals surface area contributed by atoms with Gasteiger partial charge in [-0.25, -0.2) is 0 Å². The molecule has 0 bridgehead atoms. The zero-order valence-electron chi connectivity index (χ0n) is 11.2. The summed E-state index contributed by atoms with van der Waals surface area (Å²) in [6.07, 6.45) is 2.05. The van der Waals surface area contributed by atoms with Crippen LogP contribution in [0.15, 0.2) is 48.5 Å². The van der Waals surface area contributed by atoms with E-state index in [4.69, 9.17) is 11.6 Å². The van der Waals surface area contributed by atoms with Crippen LogP contribution in [0.4, 0.5) is 0 Å². The summed E-state index contributed by atoms with van der Waals surface area (Å²) in [5, 5.41) is 3.59. The largest absolute Gasteiger partial charge is 0.348 e. The Balaban J connectivity index is 1.99. The standard InChI is InChI=1S/C16H16ClNOS/c1-20-11-13-5-2-6-14(8-13)16(19)18-10-12-4-3-7-15(17)9-12/h2-9H,10-11H2,1H3,(H,18,19). The molecule has 4 heteroatoms. The molecule has 0 saturated heterocycles. The minimum Gasteiger partial charge on any atom is -0.348 e. The summed E-state index contributed by atoms with van der Waals surface area (Å²) < 4.78 is 0. The molecule has 2 rings (SSSR count). The molecule has 0 radical (unpaired) electrons. The first-order chi connectivity index (χ1) is 9.69. The normalized spacial score (nSPS) is 10.3. The summed E-state index contributed by atoms with van der Waals surface area (Å²) in [6, 6.07) is 15.2. The Hall–Kier alpha value is -1.45. The van der Waals surface area contributed by atoms with Crippen molar-refractivity contribution in [1.29, 1.82) is 0 Å². The second-order valence-corrected chi connectivity index (χ2v) is 5.75. The molecule has 2 aromatic carbocycles. The van der Waals surface area contributed by atoms with E-state index in [0.29, 0.717) is 17.1 Å². The number of rotatable bonds is 5. The van der Waals surface area contributed by atoms with Gasteiger partial charge in [0.25, 0.3) is 5.91 Å². The predicted molar refractivity (Wildman–Crippen MR) is 86.3 cm³/mol. The average molecular weight is 306 g/mol. The van der Waals surface area contributed by atoms with E-state index < -0.39 is 0 Å². The lowest BCUT2D eigenvalue weighted by Crippen LogP contribution is -2.22. The van der Waals surface area contributed by atoms with Gasteiger partial charge in [-0.05, 0) is 41.6 Å². The molecule has 0 aliphatic carbocycles. The third-order valence-electron chi connectivity index (χ3n) is 2.84. The molecular weight excluding hydrogens is 290 g/mol. The number of hydrogen-bond acceptors (Lipinski definition) is 2. The van der Waals surface area contributed by atoms with E-state index >= 15 is 0 Å². The maximum Gasteiger partial charge on any atom is 0.251 e. The van der Waals surface area contributed by atoms with Crippen LogP contribution < -0.4 is 5.32 Å². The van der Waals surface area contributed by atoms with Crippen molar-refractivity contribution in [3.8, 4) is 0 Å². The van der Waals surface area contributed by atoms with Gasteiger partial charge < -0.3 is 5.32 Å². The van der Waals surface area contributed by atoms with Gasteiger partial charge in [0.05, 0.1) is 0 Å². The van der Waals surface area contributed by atoms with Gasteiger partial charge in [-0.1, -0.05) is 35.9 Å². The van der Waals surface area contributed by atoms with Crippen molar-refractivity contribution in [2.75, 3.05) is 6.26 Å². The van der Waals surface area contributed by atoms with Crippen molar-refractivity contribution in [1.82, 2.24) is 5.32 Å². The Labute approximate surface area is 128 Å². The van der Waals surface area contributed by atoms with E-state index in [2.05, 4.69) is 5.32 Å². The van der Waals surface area contributed by atoms with Gasteiger partial charge in [-0.15, -0.1) is 0 Å². The lowest BCUT2D eigenvalue weighted by atomic mass is 10.1. The molecule has 0 spiro atoms. The fraction of sp³-hybridized carbons (Fsp3) is 0.188. The lowest BCUT2D eigenvalue weighted by Gasteiger charge is -2.07. The molecule has 2 nitrogen and oxygen atoms in total. The van der Waals surface area contributed by atoms with E-state index in [1.165, 1.54) is 0 Å². The minimum atomic E-state index is -0.0621. The lowest BCUT2D eigenvalue weighted by molar-refractivity contribution is 0.0951. The van der Waals surface area contributed by atoms with E-state index in [1.54, 1.807) is 11.8 Å². The molecule has 104 valence electrons. The highest BCUT2D eigenvalue weighted by Gasteiger charge is 2.06. The molecule has 0 heterocycles. The monoisotopic (exact) mass is 305 g/mol. The summed E-state index contributed by atoms with van der Waals surface area (Å²) >= 11 is 7.66. The highest BCUT2D eigenvalue weighted by molar-refractivity contribution is 7.97. The number of halogens is 1. The van der Waals surface area contributed by atoms with Gasteiger partial charge in [-0.2, -0.15) is 11.8 Å². The second kappa shape index (κ2) is 7.36. The number of thioether (sulfide) groups is 1. The smallest absolute Gasteiger partial charge is 0.251 e. The van der Waals surface area contributed by atoms with Crippen LogP contribution in [0.1, 0.15) is 21.5 Å². The number of benzene rings is 2. The molecule has 0 atom stereocenters. The quantitative estimate of drug-likeness (QED) is 0.900. The van der Waals surface area contributed by atoms with Gasteiger partial charge in [0.1, 0.15) is 0 Å². The number of carbonyl (C=O) groups is 1. The third-order valence-corrected chi connectivity index (χ3v) is 3.70. The molecule has 0 aromatic heterocycles. The second-order valence-electron chi connectivity index (χ2n) is 4.45. The van der Waals surface area contributed by atoms with E-state index in [1.807, 2.05) is 54.8 Å². The summed E-state index contributed by atoms with van der Waals surface area (Å²) in [5.74, 6) is 0.850. The molecule has 1 N–H and O–H groups in total. The first-order valence-electron chi connectivity index (χ1n) is 6.29. The maximum atomic E-state index is 12.1. The number of amides is 1. The molecule has 0 fully saturated rings. The van der Waals surface area contributed by atoms with Crippen molar-refractivity contribution in [3.05, 3.63) is 70.2 Å². The van der Waals surface area contributed by atoms with Crippen LogP contribution in [0.5, 0.6) is 0 Å². The zero-order chi connectivity index (χ0) is 14.4. The Kier molecular flexibility index (Phi) is 5.50. The highest BCUT2D eigenvalue weighted by atomic mass is 35.5. The van der Waals surface area contributed by atoms with Crippen LogP contribution in [0.2, 0.25) is 5.02 Å². The van der Waals surface area contributed by atoms with Crippen molar-refractivity contribution in [2.45, 2.75) is 12.3 Å². The Morgan fingerprint density at radius 3 is 2.65 bits per heavy atom. The molecule has 2 aromatic rings. The van der Waals surface area contributed by atoms with Gasteiger partial charge in [0, 0.05) is 22.9 Å². The first-order valence-corrected chi connectivity index (χ1v) is 8.07. The SMILES string of the molecule is CSCc1cccc(C(=O)NCc2cccc(Cl)c2)c1. The summed E-state index contributed by atoms with van der Waals surface area (Å²) in [7, 11) is 0. The number of nitrogens with one attached hydrogen (secondary N) is 1. The van der Waals surface area contributed by atoms with Gasteiger partial charge in [0.15, 0.2) is 0 Å². The van der Waals surface area contributed by atoms with Gasteiger partial charge in [-0.3, -0.25) is 4.79 Å². The topological polar surface area (TPSA) is 29.1 Å². The van der Waals surface area contributed by atoms with Crippen LogP contribution in [-0.4, -0.2) is 12.2 Å². The molecule has 0 aliphatic rings. The van der Waals surface area contributed by atoms with Crippen LogP contribution in [0.3, 0.4) is 0 Å². The summed E-state index contributed by atoms with van der Waals surface area (Å²) in [5.41, 5.74) is 2.85. The van der Waals surface area contributed by atoms with Crippen molar-refractivity contribution >= 4 is 29.3 Å². The molecule has 20 heavy (non-hydrogen) atoms. The molecule has 1 amide bonds. The third kappa shape index (κ3) is 4.29. The minimum absolute atomic E-state index is 0.0621. The number of hydrogen-bond donors (Lipinski definition) is 1. The Morgan fingerprint density at radius 1 is 1.15 bits per heavy atom. The fourth-order valence-electron chi connectivity index (χ4n) is 1.90. The molecule has 0 unspecified atom stereocenters. The average Bonchev–Trinajstić information content (AvgIpc) is 2.45. The highest BCUT2D eigenvalue weighted by Crippen LogP contribution is 2.13. The van der Waals surface area contributed by atoms with Crippen molar-refractivity contribution in [2.24, 2.45) is 0 Å². The Bertz CT molecular complexity index is 601. The zero-order valence-corrected chi connectivity index (χ0v) is 12.8. The van der Waals surface area contributed by atoms with E-state index in [-0.39, 0.29) is 5.91 Å². The molecule has 0 aliphatic heterocycles. The predicted octanol–water partition coefficient (Wildman–Crippen LogP) is 4.13. The Morgan fingerprint density at radius 2 is 1.90 bits per heavy atom. The first kappa shape index (κ1) is 14.9. The van der Waals surface area contributed by atoms with Crippen LogP contribution in [0, 0.1) is 0 Å². The van der Waals surface area contributed by atoms with Crippen LogP contribution >= 0.6 is 23.4 Å². The maximum absolute atomic E-state index is 12.1. The van der Waals surface area contributed by atoms with Crippen molar-refractivity contribution in [3.63, 3.8) is 0 Å². The van der Waals surface area contributed by atoms with E-state index in [0.717, 1.165) is 16.9 Å². The van der Waals surface area contributed by atoms with E-state index in [9.17, 15) is 4.79 Å². The molecular formula is C16H16ClNOS. The van der Waals surface area contributed by atoms with Gasteiger partial charge >= 0.3 is 0 Å². The van der Waals surface area contributed by atoms with Crippen molar-refractivity contribution < 1.29 is 4.79 Å². The van der Waals surface area contributed by atoms with Crippen LogP contribution in [-0.2, 0) is 12.3 Å². The number of carbonyl (C=O) groups excluding carboxylic acids is 1. The van der Waals surface area contributed by atoms with Gasteiger partial charge in [0.2, 0.25) is 0 Å².